The Labute approximate surface area is 157 Å². The molecule has 1 aromatic heterocycles. The molecule has 1 amide bonds. The molecule has 2 heterocycles. The molecule has 0 radical (unpaired) electrons. The topological polar surface area (TPSA) is 54.1 Å². The van der Waals surface area contributed by atoms with Crippen LogP contribution in [-0.4, -0.2) is 26.1 Å². The average Bonchev–Trinajstić information content (AvgIpc) is 3.19. The quantitative estimate of drug-likeness (QED) is 0.558. The predicted molar refractivity (Wildman–Crippen MR) is 114 cm³/mol. The second-order valence-electron chi connectivity index (χ2n) is 6.94. The molecule has 0 unspecified atom stereocenters. The van der Waals surface area contributed by atoms with Crippen molar-refractivity contribution in [3.05, 3.63) is 53.0 Å². The second-order valence-corrected chi connectivity index (χ2v) is 12.0. The molecule has 2 N–H and O–H groups in total. The maximum Gasteiger partial charge on any atom is 0.256 e. The molecule has 1 aliphatic rings. The third kappa shape index (κ3) is 4.35. The van der Waals surface area contributed by atoms with Crippen molar-refractivity contribution in [3.63, 3.8) is 0 Å². The normalized spacial score (nSPS) is 14.8. The van der Waals surface area contributed by atoms with Crippen LogP contribution in [0.2, 0.25) is 19.6 Å². The van der Waals surface area contributed by atoms with Crippen LogP contribution in [0, 0.1) is 0 Å². The molecule has 4 nitrogen and oxygen atoms in total. The Kier molecular flexibility index (Phi) is 6.26. The number of aromatic amines is 1. The third-order valence-electron chi connectivity index (χ3n) is 3.87. The van der Waals surface area contributed by atoms with Crippen molar-refractivity contribution in [1.82, 2.24) is 4.98 Å². The lowest BCUT2D eigenvalue weighted by molar-refractivity contribution is -0.110. The zero-order valence-corrected chi connectivity index (χ0v) is 17.4. The fraction of sp³-hybridized carbons (Fsp3) is 0.286. The van der Waals surface area contributed by atoms with Gasteiger partial charge in [-0.3, -0.25) is 4.79 Å². The summed E-state index contributed by atoms with van der Waals surface area (Å²) < 4.78 is 5.33. The zero-order valence-electron chi connectivity index (χ0n) is 16.4. The number of methoxy groups -OCH3 is 1. The van der Waals surface area contributed by atoms with Gasteiger partial charge in [0.05, 0.1) is 26.5 Å². The second kappa shape index (κ2) is 8.23. The minimum Gasteiger partial charge on any atom is -0.495 e. The van der Waals surface area contributed by atoms with Crippen molar-refractivity contribution >= 4 is 37.4 Å². The van der Waals surface area contributed by atoms with Crippen LogP contribution in [0.4, 0.5) is 5.69 Å². The molecule has 0 atom stereocenters. The van der Waals surface area contributed by atoms with E-state index in [2.05, 4.69) is 47.8 Å². The molecule has 0 spiro atoms. The van der Waals surface area contributed by atoms with Gasteiger partial charge in [0, 0.05) is 17.4 Å². The van der Waals surface area contributed by atoms with Crippen LogP contribution in [0.3, 0.4) is 0 Å². The van der Waals surface area contributed by atoms with Gasteiger partial charge in [0.15, 0.2) is 0 Å². The molecule has 0 fully saturated rings. The number of fused-ring (bicyclic) bond motifs is 1. The Bertz CT molecular complexity index is 842. The van der Waals surface area contributed by atoms with Crippen LogP contribution in [0.5, 0.6) is 5.75 Å². The van der Waals surface area contributed by atoms with Crippen molar-refractivity contribution in [2.24, 2.45) is 0 Å². The van der Waals surface area contributed by atoms with Gasteiger partial charge in [-0.15, -0.1) is 0 Å². The molecule has 3 rings (SSSR count). The molecule has 1 aliphatic heterocycles. The zero-order chi connectivity index (χ0) is 19.3. The largest absolute Gasteiger partial charge is 0.495 e. The minimum atomic E-state index is -1.32. The van der Waals surface area contributed by atoms with E-state index in [0.717, 1.165) is 28.3 Å². The van der Waals surface area contributed by atoms with E-state index in [1.807, 2.05) is 38.1 Å². The number of rotatable bonds is 4. The summed E-state index contributed by atoms with van der Waals surface area (Å²) in [4.78, 5) is 15.6. The summed E-state index contributed by atoms with van der Waals surface area (Å²) >= 11 is 0. The highest BCUT2D eigenvalue weighted by molar-refractivity contribution is 6.81. The van der Waals surface area contributed by atoms with Gasteiger partial charge in [-0.2, -0.15) is 0 Å². The fourth-order valence-electron chi connectivity index (χ4n) is 2.70. The van der Waals surface area contributed by atoms with Crippen molar-refractivity contribution < 1.29 is 9.53 Å². The van der Waals surface area contributed by atoms with E-state index in [9.17, 15) is 4.79 Å². The molecule has 0 aliphatic carbocycles. The maximum absolute atomic E-state index is 12.5. The number of benzene rings is 1. The highest BCUT2D eigenvalue weighted by Gasteiger charge is 2.26. The van der Waals surface area contributed by atoms with Gasteiger partial charge in [0.25, 0.3) is 5.91 Å². The lowest BCUT2D eigenvalue weighted by Gasteiger charge is -2.10. The SMILES string of the molecule is CC.COc1cc[nH]c1/C=C1\C(=O)Nc2cccc(C=C[Si](C)(C)C)c21. The monoisotopic (exact) mass is 368 g/mol. The highest BCUT2D eigenvalue weighted by Crippen LogP contribution is 2.37. The van der Waals surface area contributed by atoms with Crippen LogP contribution >= 0.6 is 0 Å². The van der Waals surface area contributed by atoms with Gasteiger partial charge in [-0.25, -0.2) is 0 Å². The molecule has 138 valence electrons. The van der Waals surface area contributed by atoms with E-state index in [4.69, 9.17) is 4.74 Å². The number of hydrogen-bond donors (Lipinski definition) is 2. The van der Waals surface area contributed by atoms with Crippen LogP contribution in [0.1, 0.15) is 30.7 Å². The maximum atomic E-state index is 12.5. The molecular formula is C21H28N2O2Si. The summed E-state index contributed by atoms with van der Waals surface area (Å²) in [6.07, 6.45) is 5.80. The van der Waals surface area contributed by atoms with E-state index < -0.39 is 8.07 Å². The van der Waals surface area contributed by atoms with Crippen molar-refractivity contribution in [2.45, 2.75) is 33.5 Å². The van der Waals surface area contributed by atoms with E-state index in [0.29, 0.717) is 5.57 Å². The first kappa shape index (κ1) is 19.8. The van der Waals surface area contributed by atoms with Crippen molar-refractivity contribution in [2.75, 3.05) is 12.4 Å². The average molecular weight is 369 g/mol. The summed E-state index contributed by atoms with van der Waals surface area (Å²) in [5.41, 5.74) is 6.60. The van der Waals surface area contributed by atoms with E-state index in [-0.39, 0.29) is 5.91 Å². The number of nitrogens with one attached hydrogen (secondary N) is 2. The van der Waals surface area contributed by atoms with Gasteiger partial charge in [-0.1, -0.05) is 57.4 Å². The molecular weight excluding hydrogens is 340 g/mol. The molecule has 2 aromatic rings. The molecule has 5 heteroatoms. The molecule has 0 saturated heterocycles. The van der Waals surface area contributed by atoms with Crippen molar-refractivity contribution in [3.8, 4) is 5.75 Å². The van der Waals surface area contributed by atoms with Crippen molar-refractivity contribution in [1.29, 1.82) is 0 Å². The number of hydrogen-bond acceptors (Lipinski definition) is 2. The number of H-pyrrole nitrogens is 1. The summed E-state index contributed by atoms with van der Waals surface area (Å²) in [6, 6.07) is 7.81. The fourth-order valence-corrected chi connectivity index (χ4v) is 3.38. The Morgan fingerprint density at radius 1 is 1.12 bits per heavy atom. The summed E-state index contributed by atoms with van der Waals surface area (Å²) in [6.45, 7) is 10.9. The molecule has 0 bridgehead atoms. The smallest absolute Gasteiger partial charge is 0.256 e. The number of ether oxygens (including phenoxy) is 1. The summed E-state index contributed by atoms with van der Waals surface area (Å²) in [5.74, 6) is 0.634. The number of carbonyl (C=O) groups is 1. The lowest BCUT2D eigenvalue weighted by atomic mass is 9.99. The first-order valence-electron chi connectivity index (χ1n) is 8.96. The summed E-state index contributed by atoms with van der Waals surface area (Å²) in [5, 5.41) is 2.95. The predicted octanol–water partition coefficient (Wildman–Crippen LogP) is 5.43. The van der Waals surface area contributed by atoms with E-state index in [1.54, 1.807) is 13.3 Å². The number of amides is 1. The minimum absolute atomic E-state index is 0.0875. The highest BCUT2D eigenvalue weighted by atomic mass is 28.3. The van der Waals surface area contributed by atoms with Crippen LogP contribution in [0.15, 0.2) is 36.2 Å². The third-order valence-corrected chi connectivity index (χ3v) is 5.04. The van der Waals surface area contributed by atoms with Crippen LogP contribution < -0.4 is 10.1 Å². The van der Waals surface area contributed by atoms with Gasteiger partial charge in [-0.05, 0) is 23.8 Å². The van der Waals surface area contributed by atoms with Gasteiger partial charge in [0.2, 0.25) is 0 Å². The standard InChI is InChI=1S/C19H22N2O2Si.C2H6/c1-23-17-8-10-20-16(17)12-14-18-13(9-11-24(2,3)4)6-5-7-15(18)21-19(14)22;1-2/h5-12,20H,1-4H3,(H,21,22);1-2H3/b11-9?,14-12-;. The Hall–Kier alpha value is -2.53. The number of aromatic nitrogens is 1. The first-order chi connectivity index (χ1) is 12.4. The molecule has 0 saturated carbocycles. The molecule has 1 aromatic carbocycles. The Morgan fingerprint density at radius 2 is 1.85 bits per heavy atom. The molecule has 26 heavy (non-hydrogen) atoms. The van der Waals surface area contributed by atoms with Crippen LogP contribution in [0.25, 0.3) is 17.7 Å². The number of carbonyl (C=O) groups excluding carboxylic acids is 1. The first-order valence-corrected chi connectivity index (χ1v) is 12.5. The Balaban J connectivity index is 0.00000117. The van der Waals surface area contributed by atoms with E-state index >= 15 is 0 Å². The van der Waals surface area contributed by atoms with Gasteiger partial charge < -0.3 is 15.0 Å². The lowest BCUT2D eigenvalue weighted by Crippen LogP contribution is -2.15. The van der Waals surface area contributed by atoms with Gasteiger partial charge in [0.1, 0.15) is 5.75 Å². The van der Waals surface area contributed by atoms with Gasteiger partial charge >= 0.3 is 0 Å². The summed E-state index contributed by atoms with van der Waals surface area (Å²) in [7, 11) is 0.300. The Morgan fingerprint density at radius 3 is 2.50 bits per heavy atom. The number of anilines is 1. The van der Waals surface area contributed by atoms with E-state index in [1.165, 1.54) is 0 Å². The van der Waals surface area contributed by atoms with Crippen LogP contribution in [-0.2, 0) is 4.79 Å².